The van der Waals surface area contributed by atoms with Gasteiger partial charge in [0.1, 0.15) is 5.78 Å². The highest BCUT2D eigenvalue weighted by Crippen LogP contribution is 2.34. The summed E-state index contributed by atoms with van der Waals surface area (Å²) in [6.07, 6.45) is 0.781. The van der Waals surface area contributed by atoms with Crippen LogP contribution in [-0.2, 0) is 17.1 Å². The Balaban J connectivity index is 2.83. The molecule has 0 aliphatic carbocycles. The van der Waals surface area contributed by atoms with Crippen molar-refractivity contribution in [2.75, 3.05) is 0 Å². The van der Waals surface area contributed by atoms with E-state index in [1.807, 2.05) is 0 Å². The van der Waals surface area contributed by atoms with Gasteiger partial charge < -0.3 is 4.79 Å². The lowest BCUT2D eigenvalue weighted by atomic mass is 9.96. The van der Waals surface area contributed by atoms with Gasteiger partial charge in [-0.2, -0.15) is 0 Å². The van der Waals surface area contributed by atoms with Crippen molar-refractivity contribution in [3.63, 3.8) is 0 Å². The zero-order valence-electron chi connectivity index (χ0n) is 11.2. The highest BCUT2D eigenvalue weighted by molar-refractivity contribution is 5.75. The van der Waals surface area contributed by atoms with Crippen LogP contribution in [0.25, 0.3) is 0 Å². The van der Waals surface area contributed by atoms with Gasteiger partial charge in [-0.25, -0.2) is 8.78 Å². The molecule has 0 unspecified atom stereocenters. The highest BCUT2D eigenvalue weighted by Gasteiger charge is 2.32. The van der Waals surface area contributed by atoms with E-state index in [1.54, 1.807) is 26.0 Å². The standard InChI is InChI=1S/C15H20F2O/c1-11(2)10-15(16,17)14-6-4-5-13(9-14)8-7-12(3)18/h4-6,9,11H,7-8,10H2,1-3H3. The number of carbonyl (C=O) groups is 1. The van der Waals surface area contributed by atoms with Crippen LogP contribution in [0, 0.1) is 5.92 Å². The fourth-order valence-corrected chi connectivity index (χ4v) is 1.91. The summed E-state index contributed by atoms with van der Waals surface area (Å²) in [6, 6.07) is 6.40. The van der Waals surface area contributed by atoms with Gasteiger partial charge in [0.05, 0.1) is 0 Å². The van der Waals surface area contributed by atoms with E-state index in [2.05, 4.69) is 0 Å². The maximum atomic E-state index is 13.9. The largest absolute Gasteiger partial charge is 0.300 e. The van der Waals surface area contributed by atoms with E-state index in [-0.39, 0.29) is 23.7 Å². The van der Waals surface area contributed by atoms with Gasteiger partial charge in [0.15, 0.2) is 0 Å². The van der Waals surface area contributed by atoms with Crippen molar-refractivity contribution in [3.05, 3.63) is 35.4 Å². The maximum absolute atomic E-state index is 13.9. The summed E-state index contributed by atoms with van der Waals surface area (Å²) in [4.78, 5) is 10.9. The van der Waals surface area contributed by atoms with Gasteiger partial charge in [-0.3, -0.25) is 0 Å². The molecule has 0 fully saturated rings. The number of ketones is 1. The smallest absolute Gasteiger partial charge is 0.273 e. The lowest BCUT2D eigenvalue weighted by Crippen LogP contribution is -2.16. The minimum Gasteiger partial charge on any atom is -0.300 e. The molecule has 0 aliphatic rings. The fraction of sp³-hybridized carbons (Fsp3) is 0.533. The molecule has 1 aromatic carbocycles. The fourth-order valence-electron chi connectivity index (χ4n) is 1.91. The van der Waals surface area contributed by atoms with Gasteiger partial charge in [-0.1, -0.05) is 32.0 Å². The third kappa shape index (κ3) is 4.55. The van der Waals surface area contributed by atoms with Gasteiger partial charge in [-0.05, 0) is 30.9 Å². The first-order chi connectivity index (χ1) is 8.31. The summed E-state index contributed by atoms with van der Waals surface area (Å²) in [6.45, 7) is 5.08. The molecular formula is C15H20F2O. The van der Waals surface area contributed by atoms with Crippen molar-refractivity contribution >= 4 is 5.78 Å². The number of halogens is 2. The van der Waals surface area contributed by atoms with Crippen molar-refractivity contribution < 1.29 is 13.6 Å². The Labute approximate surface area is 107 Å². The molecule has 1 aromatic rings. The second kappa shape index (κ2) is 6.07. The molecule has 0 aliphatic heterocycles. The van der Waals surface area contributed by atoms with E-state index < -0.39 is 5.92 Å². The van der Waals surface area contributed by atoms with Crippen molar-refractivity contribution in [2.45, 2.75) is 46.0 Å². The topological polar surface area (TPSA) is 17.1 Å². The highest BCUT2D eigenvalue weighted by atomic mass is 19.3. The minimum atomic E-state index is -2.79. The lowest BCUT2D eigenvalue weighted by Gasteiger charge is -2.19. The van der Waals surface area contributed by atoms with Crippen LogP contribution in [0.4, 0.5) is 8.78 Å². The maximum Gasteiger partial charge on any atom is 0.273 e. The monoisotopic (exact) mass is 254 g/mol. The Bertz CT molecular complexity index is 411. The first kappa shape index (κ1) is 14.8. The van der Waals surface area contributed by atoms with E-state index >= 15 is 0 Å². The zero-order valence-corrected chi connectivity index (χ0v) is 11.2. The van der Waals surface area contributed by atoms with Crippen LogP contribution in [-0.4, -0.2) is 5.78 Å². The van der Waals surface area contributed by atoms with Crippen LogP contribution in [0.15, 0.2) is 24.3 Å². The summed E-state index contributed by atoms with van der Waals surface area (Å²) in [5, 5.41) is 0. The van der Waals surface area contributed by atoms with E-state index in [1.165, 1.54) is 19.1 Å². The average molecular weight is 254 g/mol. The molecule has 0 saturated carbocycles. The molecule has 0 spiro atoms. The summed E-state index contributed by atoms with van der Waals surface area (Å²) < 4.78 is 27.8. The molecule has 3 heteroatoms. The molecule has 18 heavy (non-hydrogen) atoms. The first-order valence-electron chi connectivity index (χ1n) is 6.28. The number of carbonyl (C=O) groups excluding carboxylic acids is 1. The summed E-state index contributed by atoms with van der Waals surface area (Å²) in [5.41, 5.74) is 0.850. The number of Topliss-reactive ketones (excluding diaryl/α,β-unsaturated/α-hetero) is 1. The molecule has 0 aromatic heterocycles. The van der Waals surface area contributed by atoms with E-state index in [0.717, 1.165) is 5.56 Å². The first-order valence-corrected chi connectivity index (χ1v) is 6.28. The third-order valence-corrected chi connectivity index (χ3v) is 2.78. The molecule has 0 bridgehead atoms. The second-order valence-corrected chi connectivity index (χ2v) is 5.20. The van der Waals surface area contributed by atoms with E-state index in [4.69, 9.17) is 0 Å². The van der Waals surface area contributed by atoms with E-state index in [9.17, 15) is 13.6 Å². The lowest BCUT2D eigenvalue weighted by molar-refractivity contribution is -0.116. The van der Waals surface area contributed by atoms with Crippen LogP contribution in [0.3, 0.4) is 0 Å². The zero-order chi connectivity index (χ0) is 13.8. The second-order valence-electron chi connectivity index (χ2n) is 5.20. The molecule has 0 N–H and O–H groups in total. The van der Waals surface area contributed by atoms with Crippen LogP contribution in [0.1, 0.15) is 44.7 Å². The number of benzene rings is 1. The van der Waals surface area contributed by atoms with Crippen molar-refractivity contribution in [1.82, 2.24) is 0 Å². The predicted octanol–water partition coefficient (Wildman–Crippen LogP) is 4.35. The van der Waals surface area contributed by atoms with Crippen molar-refractivity contribution in [2.24, 2.45) is 5.92 Å². The minimum absolute atomic E-state index is 0.0530. The molecule has 0 amide bonds. The number of rotatable bonds is 6. The summed E-state index contributed by atoms with van der Waals surface area (Å²) in [5.74, 6) is -2.77. The molecule has 1 rings (SSSR count). The van der Waals surface area contributed by atoms with Gasteiger partial charge in [-0.15, -0.1) is 0 Å². The van der Waals surface area contributed by atoms with Crippen LogP contribution < -0.4 is 0 Å². The molecule has 0 heterocycles. The molecule has 0 saturated heterocycles. The number of aryl methyl sites for hydroxylation is 1. The van der Waals surface area contributed by atoms with Gasteiger partial charge in [0.25, 0.3) is 5.92 Å². The quantitative estimate of drug-likeness (QED) is 0.737. The molecular weight excluding hydrogens is 234 g/mol. The average Bonchev–Trinajstić information content (AvgIpc) is 2.25. The van der Waals surface area contributed by atoms with Crippen LogP contribution in [0.5, 0.6) is 0 Å². The van der Waals surface area contributed by atoms with Crippen LogP contribution >= 0.6 is 0 Å². The van der Waals surface area contributed by atoms with Gasteiger partial charge in [0.2, 0.25) is 0 Å². The molecule has 1 nitrogen and oxygen atoms in total. The Morgan fingerprint density at radius 1 is 1.33 bits per heavy atom. The van der Waals surface area contributed by atoms with Crippen molar-refractivity contribution in [1.29, 1.82) is 0 Å². The number of alkyl halides is 2. The van der Waals surface area contributed by atoms with Crippen molar-refractivity contribution in [3.8, 4) is 0 Å². The van der Waals surface area contributed by atoms with Gasteiger partial charge in [0, 0.05) is 18.4 Å². The van der Waals surface area contributed by atoms with Crippen LogP contribution in [0.2, 0.25) is 0 Å². The normalized spacial score (nSPS) is 11.9. The number of hydrogen-bond acceptors (Lipinski definition) is 1. The van der Waals surface area contributed by atoms with E-state index in [0.29, 0.717) is 12.8 Å². The predicted molar refractivity (Wildman–Crippen MR) is 68.8 cm³/mol. The summed E-state index contributed by atoms with van der Waals surface area (Å²) >= 11 is 0. The third-order valence-electron chi connectivity index (χ3n) is 2.78. The molecule has 100 valence electrons. The number of hydrogen-bond donors (Lipinski definition) is 0. The molecule has 0 atom stereocenters. The Hall–Kier alpha value is -1.25. The SMILES string of the molecule is CC(=O)CCc1cccc(C(F)(F)CC(C)C)c1. The Morgan fingerprint density at radius 2 is 2.00 bits per heavy atom. The molecule has 0 radical (unpaired) electrons. The van der Waals surface area contributed by atoms with Gasteiger partial charge >= 0.3 is 0 Å². The Kier molecular flexibility index (Phi) is 5.00. The summed E-state index contributed by atoms with van der Waals surface area (Å²) in [7, 11) is 0. The Morgan fingerprint density at radius 3 is 2.56 bits per heavy atom.